The monoisotopic (exact) mass is 277 g/mol. The average Bonchev–Trinajstić information content (AvgIpc) is 2.91. The quantitative estimate of drug-likeness (QED) is 0.762. The van der Waals surface area contributed by atoms with E-state index in [4.69, 9.17) is 4.74 Å². The largest absolute Gasteiger partial charge is 0.444 e. The molecule has 6 nitrogen and oxygen atoms in total. The third-order valence-corrected chi connectivity index (χ3v) is 4.98. The minimum Gasteiger partial charge on any atom is -0.444 e. The molecule has 2 atom stereocenters. The highest BCUT2D eigenvalue weighted by molar-refractivity contribution is 7.92. The van der Waals surface area contributed by atoms with Crippen LogP contribution in [0.3, 0.4) is 0 Å². The van der Waals surface area contributed by atoms with Gasteiger partial charge in [0.15, 0.2) is 9.84 Å². The molecule has 0 bridgehead atoms. The van der Waals surface area contributed by atoms with Crippen molar-refractivity contribution in [3.8, 4) is 0 Å². The van der Waals surface area contributed by atoms with Gasteiger partial charge in [-0.05, 0) is 27.2 Å². The predicted octanol–water partition coefficient (Wildman–Crippen LogP) is 0.656. The lowest BCUT2D eigenvalue weighted by atomic mass is 10.2. The van der Waals surface area contributed by atoms with Crippen molar-refractivity contribution in [2.75, 3.05) is 5.75 Å². The fraction of sp³-hybridized carbons (Fsp3) is 0.818. The zero-order valence-corrected chi connectivity index (χ0v) is 11.8. The Labute approximate surface area is 107 Å². The van der Waals surface area contributed by atoms with Gasteiger partial charge in [0.2, 0.25) is 0 Å². The van der Waals surface area contributed by atoms with E-state index in [-0.39, 0.29) is 12.2 Å². The van der Waals surface area contributed by atoms with Crippen molar-refractivity contribution in [1.29, 1.82) is 0 Å². The molecule has 18 heavy (non-hydrogen) atoms. The van der Waals surface area contributed by atoms with Gasteiger partial charge in [-0.1, -0.05) is 6.92 Å². The van der Waals surface area contributed by atoms with E-state index >= 15 is 0 Å². The van der Waals surface area contributed by atoms with Crippen LogP contribution in [0.4, 0.5) is 4.79 Å². The molecular formula is C11H19NO5S. The standard InChI is InChI=1S/C11H19NO5S/c1-5-18(15,16)8-6-11(8,7-13)12-9(14)17-10(2,3)4/h7-8H,5-6H2,1-4H3,(H,12,14)/t8-,11+/m1/s1. The molecule has 1 saturated carbocycles. The van der Waals surface area contributed by atoms with Crippen LogP contribution >= 0.6 is 0 Å². The average molecular weight is 277 g/mol. The first-order chi connectivity index (χ1) is 8.06. The summed E-state index contributed by atoms with van der Waals surface area (Å²) in [5.41, 5.74) is -2.00. The molecule has 0 aromatic carbocycles. The summed E-state index contributed by atoms with van der Waals surface area (Å²) >= 11 is 0. The molecule has 1 N–H and O–H groups in total. The Morgan fingerprint density at radius 1 is 1.50 bits per heavy atom. The smallest absolute Gasteiger partial charge is 0.408 e. The second-order valence-electron chi connectivity index (χ2n) is 5.43. The first kappa shape index (κ1) is 14.9. The number of aldehydes is 1. The Morgan fingerprint density at radius 2 is 2.06 bits per heavy atom. The van der Waals surface area contributed by atoms with Crippen molar-refractivity contribution in [3.63, 3.8) is 0 Å². The van der Waals surface area contributed by atoms with Crippen LogP contribution in [0.15, 0.2) is 0 Å². The molecule has 1 aliphatic carbocycles. The van der Waals surface area contributed by atoms with Gasteiger partial charge >= 0.3 is 6.09 Å². The first-order valence-corrected chi connectivity index (χ1v) is 7.47. The molecule has 0 saturated heterocycles. The first-order valence-electron chi connectivity index (χ1n) is 5.75. The van der Waals surface area contributed by atoms with Gasteiger partial charge in [0, 0.05) is 5.75 Å². The van der Waals surface area contributed by atoms with Gasteiger partial charge in [0.25, 0.3) is 0 Å². The molecule has 0 radical (unpaired) electrons. The number of rotatable bonds is 4. The van der Waals surface area contributed by atoms with Crippen molar-refractivity contribution in [2.45, 2.75) is 50.5 Å². The number of carbonyl (C=O) groups excluding carboxylic acids is 2. The van der Waals surface area contributed by atoms with Crippen molar-refractivity contribution < 1.29 is 22.7 Å². The highest BCUT2D eigenvalue weighted by Crippen LogP contribution is 2.40. The number of hydrogen-bond acceptors (Lipinski definition) is 5. The number of carbonyl (C=O) groups is 2. The second-order valence-corrected chi connectivity index (χ2v) is 7.90. The summed E-state index contributed by atoms with van der Waals surface area (Å²) in [5, 5.41) is 1.52. The fourth-order valence-electron chi connectivity index (χ4n) is 1.68. The summed E-state index contributed by atoms with van der Waals surface area (Å²) in [6.45, 7) is 6.57. The molecule has 0 aromatic rings. The van der Waals surface area contributed by atoms with Gasteiger partial charge in [-0.2, -0.15) is 0 Å². The molecule has 0 aliphatic heterocycles. The van der Waals surface area contributed by atoms with Crippen LogP contribution in [-0.2, 0) is 19.4 Å². The number of sulfone groups is 1. The summed E-state index contributed by atoms with van der Waals surface area (Å²) < 4.78 is 28.3. The van der Waals surface area contributed by atoms with Gasteiger partial charge in [-0.3, -0.25) is 0 Å². The highest BCUT2D eigenvalue weighted by atomic mass is 32.2. The van der Waals surface area contributed by atoms with Crippen LogP contribution in [0.2, 0.25) is 0 Å². The van der Waals surface area contributed by atoms with Crippen LogP contribution in [0.1, 0.15) is 34.1 Å². The molecule has 0 heterocycles. The number of ether oxygens (including phenoxy) is 1. The molecule has 1 amide bonds. The Morgan fingerprint density at radius 3 is 2.44 bits per heavy atom. The summed E-state index contributed by atoms with van der Waals surface area (Å²) in [6, 6.07) is 0. The molecule has 7 heteroatoms. The SMILES string of the molecule is CCS(=O)(=O)[C@@H]1C[C@@]1(C=O)NC(=O)OC(C)(C)C. The van der Waals surface area contributed by atoms with Crippen molar-refractivity contribution >= 4 is 22.2 Å². The highest BCUT2D eigenvalue weighted by Gasteiger charge is 2.62. The van der Waals surface area contributed by atoms with E-state index < -0.39 is 32.3 Å². The summed E-state index contributed by atoms with van der Waals surface area (Å²) in [6.07, 6.45) is -0.177. The van der Waals surface area contributed by atoms with E-state index in [9.17, 15) is 18.0 Å². The maximum atomic E-state index is 11.7. The molecule has 0 spiro atoms. The molecule has 104 valence electrons. The van der Waals surface area contributed by atoms with Gasteiger partial charge in [0.1, 0.15) is 17.4 Å². The summed E-state index contributed by atoms with van der Waals surface area (Å²) in [7, 11) is -3.34. The number of alkyl carbamates (subject to hydrolysis) is 1. The number of amides is 1. The summed E-state index contributed by atoms with van der Waals surface area (Å²) in [4.78, 5) is 22.6. The van der Waals surface area contributed by atoms with Crippen molar-refractivity contribution in [1.82, 2.24) is 5.32 Å². The zero-order chi connectivity index (χ0) is 14.2. The second kappa shape index (κ2) is 4.53. The lowest BCUT2D eigenvalue weighted by Crippen LogP contribution is -2.45. The molecule has 0 unspecified atom stereocenters. The zero-order valence-electron chi connectivity index (χ0n) is 11.0. The van der Waals surface area contributed by atoms with Gasteiger partial charge in [0.05, 0.1) is 5.25 Å². The third kappa shape index (κ3) is 3.22. The summed E-state index contributed by atoms with van der Waals surface area (Å²) in [5.74, 6) is -0.0523. The van der Waals surface area contributed by atoms with E-state index in [1.807, 2.05) is 0 Å². The van der Waals surface area contributed by atoms with Gasteiger partial charge in [-0.15, -0.1) is 0 Å². The van der Waals surface area contributed by atoms with E-state index in [0.717, 1.165) is 0 Å². The van der Waals surface area contributed by atoms with E-state index in [0.29, 0.717) is 6.29 Å². The predicted molar refractivity (Wildman–Crippen MR) is 66.0 cm³/mol. The van der Waals surface area contributed by atoms with E-state index in [1.54, 1.807) is 20.8 Å². The Bertz CT molecular complexity index is 451. The van der Waals surface area contributed by atoms with Crippen LogP contribution in [-0.4, -0.2) is 42.9 Å². The van der Waals surface area contributed by atoms with Crippen LogP contribution in [0.5, 0.6) is 0 Å². The Hall–Kier alpha value is -1.11. The van der Waals surface area contributed by atoms with Crippen molar-refractivity contribution in [3.05, 3.63) is 0 Å². The Kier molecular flexibility index (Phi) is 3.76. The normalized spacial score (nSPS) is 27.4. The minimum absolute atomic E-state index is 0.0523. The van der Waals surface area contributed by atoms with Gasteiger partial charge < -0.3 is 14.8 Å². The van der Waals surface area contributed by atoms with Crippen LogP contribution in [0, 0.1) is 0 Å². The van der Waals surface area contributed by atoms with Crippen LogP contribution in [0.25, 0.3) is 0 Å². The Balaban J connectivity index is 2.72. The number of nitrogens with one attached hydrogen (secondary N) is 1. The van der Waals surface area contributed by atoms with Gasteiger partial charge in [-0.25, -0.2) is 13.2 Å². The topological polar surface area (TPSA) is 89.5 Å². The number of hydrogen-bond donors (Lipinski definition) is 1. The van der Waals surface area contributed by atoms with E-state index in [2.05, 4.69) is 5.32 Å². The lowest BCUT2D eigenvalue weighted by molar-refractivity contribution is -0.110. The van der Waals surface area contributed by atoms with E-state index in [1.165, 1.54) is 6.92 Å². The molecular weight excluding hydrogens is 258 g/mol. The van der Waals surface area contributed by atoms with Crippen molar-refractivity contribution in [2.24, 2.45) is 0 Å². The van der Waals surface area contributed by atoms with Crippen LogP contribution < -0.4 is 5.32 Å². The lowest BCUT2D eigenvalue weighted by Gasteiger charge is -2.21. The molecule has 0 aromatic heterocycles. The molecule has 1 fully saturated rings. The maximum absolute atomic E-state index is 11.7. The minimum atomic E-state index is -3.34. The third-order valence-electron chi connectivity index (χ3n) is 2.72. The maximum Gasteiger partial charge on any atom is 0.408 e. The molecule has 1 aliphatic rings. The molecule has 1 rings (SSSR count). The fourth-order valence-corrected chi connectivity index (χ4v) is 3.36.